The van der Waals surface area contributed by atoms with Crippen LogP contribution >= 0.6 is 11.6 Å². The van der Waals surface area contributed by atoms with Crippen molar-refractivity contribution < 1.29 is 14.6 Å². The number of nitrogens with zero attached hydrogens (tertiary/aromatic N) is 3. The molecule has 2 heterocycles. The number of aromatic nitrogens is 2. The van der Waals surface area contributed by atoms with Crippen LogP contribution in [0.5, 0.6) is 5.75 Å². The summed E-state index contributed by atoms with van der Waals surface area (Å²) in [4.78, 5) is 14.9. The number of piperidine rings is 1. The fraction of sp³-hybridized carbons (Fsp3) is 0.304. The average molecular weight is 426 g/mol. The molecule has 0 bridgehead atoms. The maximum atomic E-state index is 13.1. The lowest BCUT2D eigenvalue weighted by Crippen LogP contribution is -2.45. The predicted octanol–water partition coefficient (Wildman–Crippen LogP) is 3.87. The summed E-state index contributed by atoms with van der Waals surface area (Å²) < 4.78 is 6.81. The molecule has 30 heavy (non-hydrogen) atoms. The third kappa shape index (κ3) is 3.93. The third-order valence-corrected chi connectivity index (χ3v) is 6.00. The molecule has 0 radical (unpaired) electrons. The predicted molar refractivity (Wildman–Crippen MR) is 116 cm³/mol. The Bertz CT molecular complexity index is 1040. The molecular formula is C23H24ClN3O3. The molecule has 6 nitrogen and oxygen atoms in total. The Kier molecular flexibility index (Phi) is 5.54. The number of aliphatic hydroxyl groups is 1. The van der Waals surface area contributed by atoms with Gasteiger partial charge in [0.15, 0.2) is 0 Å². The second-order valence-corrected chi connectivity index (χ2v) is 8.03. The molecule has 0 saturated carbocycles. The molecule has 7 heteroatoms. The molecule has 156 valence electrons. The van der Waals surface area contributed by atoms with Crippen LogP contribution in [0, 0.1) is 0 Å². The zero-order valence-electron chi connectivity index (χ0n) is 17.0. The quantitative estimate of drug-likeness (QED) is 0.689. The normalized spacial score (nSPS) is 15.8. The summed E-state index contributed by atoms with van der Waals surface area (Å²) in [5.74, 6) is 0.690. The molecule has 1 N–H and O–H groups in total. The fourth-order valence-electron chi connectivity index (χ4n) is 3.86. The number of hydrogen-bond donors (Lipinski definition) is 1. The van der Waals surface area contributed by atoms with Gasteiger partial charge < -0.3 is 14.7 Å². The standard InChI is InChI=1S/C23H24ClN3O3/c1-26-21(15-20(25-26)16-3-9-19(30-2)10-4-16)22(28)27-13-11-23(29,12-14-27)17-5-7-18(24)8-6-17/h3-10,15,29H,11-14H2,1-2H3. The van der Waals surface area contributed by atoms with Gasteiger partial charge >= 0.3 is 0 Å². The molecule has 1 aliphatic heterocycles. The average Bonchev–Trinajstić information content (AvgIpc) is 3.16. The Hall–Kier alpha value is -2.83. The summed E-state index contributed by atoms with van der Waals surface area (Å²) >= 11 is 5.96. The van der Waals surface area contributed by atoms with Crippen molar-refractivity contribution in [2.45, 2.75) is 18.4 Å². The van der Waals surface area contributed by atoms with Crippen LogP contribution in [0.2, 0.25) is 5.02 Å². The molecular weight excluding hydrogens is 402 g/mol. The number of carbonyl (C=O) groups excluding carboxylic acids is 1. The SMILES string of the molecule is COc1ccc(-c2cc(C(=O)N3CCC(O)(c4ccc(Cl)cc4)CC3)n(C)n2)cc1. The monoisotopic (exact) mass is 425 g/mol. The molecule has 0 unspecified atom stereocenters. The number of methoxy groups -OCH3 is 1. The van der Waals surface area contributed by atoms with Gasteiger partial charge in [-0.2, -0.15) is 5.10 Å². The van der Waals surface area contributed by atoms with E-state index in [9.17, 15) is 9.90 Å². The maximum Gasteiger partial charge on any atom is 0.272 e. The van der Waals surface area contributed by atoms with Crippen LogP contribution in [-0.4, -0.2) is 45.9 Å². The Morgan fingerprint density at radius 3 is 2.33 bits per heavy atom. The fourth-order valence-corrected chi connectivity index (χ4v) is 3.99. The first kappa shape index (κ1) is 20.4. The van der Waals surface area contributed by atoms with E-state index in [-0.39, 0.29) is 5.91 Å². The Morgan fingerprint density at radius 1 is 1.10 bits per heavy atom. The number of amides is 1. The Morgan fingerprint density at radius 2 is 1.73 bits per heavy atom. The first-order chi connectivity index (χ1) is 14.4. The van der Waals surface area contributed by atoms with Gasteiger partial charge in [0.25, 0.3) is 5.91 Å². The molecule has 0 spiro atoms. The first-order valence-electron chi connectivity index (χ1n) is 9.86. The zero-order valence-corrected chi connectivity index (χ0v) is 17.8. The molecule has 2 aromatic carbocycles. The van der Waals surface area contributed by atoms with E-state index >= 15 is 0 Å². The molecule has 1 aromatic heterocycles. The van der Waals surface area contributed by atoms with E-state index in [2.05, 4.69) is 5.10 Å². The number of rotatable bonds is 4. The van der Waals surface area contributed by atoms with Crippen LogP contribution < -0.4 is 4.74 Å². The van der Waals surface area contributed by atoms with E-state index in [1.165, 1.54) is 0 Å². The second kappa shape index (κ2) is 8.13. The van der Waals surface area contributed by atoms with Gasteiger partial charge in [-0.1, -0.05) is 23.7 Å². The summed E-state index contributed by atoms with van der Waals surface area (Å²) in [5, 5.41) is 16.2. The van der Waals surface area contributed by atoms with E-state index in [0.29, 0.717) is 36.6 Å². The van der Waals surface area contributed by atoms with Crippen molar-refractivity contribution in [2.24, 2.45) is 7.05 Å². The molecule has 0 atom stereocenters. The summed E-state index contributed by atoms with van der Waals surface area (Å²) in [7, 11) is 3.40. The van der Waals surface area contributed by atoms with Crippen molar-refractivity contribution in [1.82, 2.24) is 14.7 Å². The van der Waals surface area contributed by atoms with Crippen molar-refractivity contribution in [3.8, 4) is 17.0 Å². The highest BCUT2D eigenvalue weighted by Gasteiger charge is 2.36. The minimum Gasteiger partial charge on any atom is -0.497 e. The molecule has 3 aromatic rings. The zero-order chi connectivity index (χ0) is 21.3. The number of carbonyl (C=O) groups is 1. The van der Waals surface area contributed by atoms with Gasteiger partial charge in [-0.05, 0) is 60.9 Å². The highest BCUT2D eigenvalue weighted by Crippen LogP contribution is 2.34. The van der Waals surface area contributed by atoms with Gasteiger partial charge in [-0.3, -0.25) is 9.48 Å². The lowest BCUT2D eigenvalue weighted by atomic mass is 9.84. The number of hydrogen-bond acceptors (Lipinski definition) is 4. The van der Waals surface area contributed by atoms with Crippen LogP contribution in [0.3, 0.4) is 0 Å². The van der Waals surface area contributed by atoms with Gasteiger partial charge in [-0.15, -0.1) is 0 Å². The van der Waals surface area contributed by atoms with Gasteiger partial charge in [0, 0.05) is 30.7 Å². The van der Waals surface area contributed by atoms with Crippen molar-refractivity contribution in [3.05, 3.63) is 70.9 Å². The number of aryl methyl sites for hydroxylation is 1. The number of benzene rings is 2. The molecule has 0 aliphatic carbocycles. The number of ether oxygens (including phenoxy) is 1. The highest BCUT2D eigenvalue weighted by atomic mass is 35.5. The Labute approximate surface area is 180 Å². The molecule has 1 aliphatic rings. The largest absolute Gasteiger partial charge is 0.497 e. The minimum absolute atomic E-state index is 0.0806. The number of likely N-dealkylation sites (tertiary alicyclic amines) is 1. The van der Waals surface area contributed by atoms with E-state index in [1.807, 2.05) is 42.5 Å². The van der Waals surface area contributed by atoms with E-state index in [0.717, 1.165) is 22.6 Å². The summed E-state index contributed by atoms with van der Waals surface area (Å²) in [6, 6.07) is 16.6. The molecule has 1 saturated heterocycles. The van der Waals surface area contributed by atoms with E-state index < -0.39 is 5.60 Å². The maximum absolute atomic E-state index is 13.1. The summed E-state index contributed by atoms with van der Waals surface area (Å²) in [6.07, 6.45) is 0.952. The van der Waals surface area contributed by atoms with Crippen molar-refractivity contribution in [2.75, 3.05) is 20.2 Å². The van der Waals surface area contributed by atoms with Gasteiger partial charge in [0.1, 0.15) is 11.4 Å². The first-order valence-corrected chi connectivity index (χ1v) is 10.2. The topological polar surface area (TPSA) is 67.6 Å². The van der Waals surface area contributed by atoms with Crippen LogP contribution in [0.25, 0.3) is 11.3 Å². The van der Waals surface area contributed by atoms with Gasteiger partial charge in [-0.25, -0.2) is 0 Å². The van der Waals surface area contributed by atoms with Crippen LogP contribution in [0.15, 0.2) is 54.6 Å². The van der Waals surface area contributed by atoms with E-state index in [4.69, 9.17) is 16.3 Å². The van der Waals surface area contributed by atoms with Gasteiger partial charge in [0.05, 0.1) is 18.4 Å². The Balaban J connectivity index is 1.48. The van der Waals surface area contributed by atoms with Gasteiger partial charge in [0.2, 0.25) is 0 Å². The van der Waals surface area contributed by atoms with Crippen molar-refractivity contribution in [1.29, 1.82) is 0 Å². The van der Waals surface area contributed by atoms with Crippen molar-refractivity contribution in [3.63, 3.8) is 0 Å². The minimum atomic E-state index is -0.942. The van der Waals surface area contributed by atoms with Crippen molar-refractivity contribution >= 4 is 17.5 Å². The third-order valence-electron chi connectivity index (χ3n) is 5.74. The summed E-state index contributed by atoms with van der Waals surface area (Å²) in [6.45, 7) is 0.946. The molecule has 4 rings (SSSR count). The lowest BCUT2D eigenvalue weighted by Gasteiger charge is -2.38. The second-order valence-electron chi connectivity index (χ2n) is 7.60. The smallest absolute Gasteiger partial charge is 0.272 e. The van der Waals surface area contributed by atoms with Crippen LogP contribution in [-0.2, 0) is 12.6 Å². The van der Waals surface area contributed by atoms with Crippen LogP contribution in [0.1, 0.15) is 28.9 Å². The number of halogens is 1. The lowest BCUT2D eigenvalue weighted by molar-refractivity contribution is -0.0213. The van der Waals surface area contributed by atoms with E-state index in [1.54, 1.807) is 35.9 Å². The highest BCUT2D eigenvalue weighted by molar-refractivity contribution is 6.30. The molecule has 1 fully saturated rings. The summed E-state index contributed by atoms with van der Waals surface area (Å²) in [5.41, 5.74) is 2.07. The molecule has 1 amide bonds. The van der Waals surface area contributed by atoms with Crippen LogP contribution in [0.4, 0.5) is 0 Å².